The van der Waals surface area contributed by atoms with Gasteiger partial charge < -0.3 is 14.0 Å². The maximum absolute atomic E-state index is 13.2. The van der Waals surface area contributed by atoms with Crippen molar-refractivity contribution in [3.8, 4) is 5.75 Å². The van der Waals surface area contributed by atoms with Crippen LogP contribution in [0.1, 0.15) is 46.3 Å². The third-order valence-corrected chi connectivity index (χ3v) is 6.63. The van der Waals surface area contributed by atoms with Gasteiger partial charge in [-0.1, -0.05) is 18.2 Å². The summed E-state index contributed by atoms with van der Waals surface area (Å²) in [6.07, 6.45) is -0.640. The average Bonchev–Trinajstić information content (AvgIpc) is 2.90. The standard InChI is InChI=1S/C21H25BF3NO5S/c1-13(14-6-9-16(23)10-7-14)29-18-12-15(22-30-20(2,3)21(4,5)31-22)8-11-17(18)26-32(27,28)19(24)25/h6-13,19,26H,1-5H3/t13-/m0/s1. The van der Waals surface area contributed by atoms with Crippen LogP contribution in [0.15, 0.2) is 42.5 Å². The second kappa shape index (κ2) is 8.60. The van der Waals surface area contributed by atoms with Crippen molar-refractivity contribution in [3.05, 3.63) is 53.8 Å². The molecule has 0 spiro atoms. The number of halogens is 3. The van der Waals surface area contributed by atoms with Crippen LogP contribution < -0.4 is 14.9 Å². The lowest BCUT2D eigenvalue weighted by Crippen LogP contribution is -2.41. The van der Waals surface area contributed by atoms with E-state index >= 15 is 0 Å². The number of benzene rings is 2. The first kappa shape index (κ1) is 24.4. The van der Waals surface area contributed by atoms with E-state index in [0.717, 1.165) is 0 Å². The second-order valence-corrected chi connectivity index (χ2v) is 10.2. The van der Waals surface area contributed by atoms with E-state index in [-0.39, 0.29) is 11.4 Å². The van der Waals surface area contributed by atoms with E-state index in [1.54, 1.807) is 6.92 Å². The lowest BCUT2D eigenvalue weighted by atomic mass is 9.79. The zero-order valence-corrected chi connectivity index (χ0v) is 19.2. The number of alkyl halides is 2. The Hall–Kier alpha value is -2.24. The van der Waals surface area contributed by atoms with Crippen LogP contribution in [-0.2, 0) is 19.3 Å². The van der Waals surface area contributed by atoms with Crippen molar-refractivity contribution >= 4 is 28.3 Å². The SMILES string of the molecule is C[C@H](Oc1cc(B2OC(C)(C)C(C)(C)O2)ccc1NS(=O)(=O)C(F)F)c1ccc(F)cc1. The summed E-state index contributed by atoms with van der Waals surface area (Å²) in [5, 5.41) is 0. The maximum atomic E-state index is 13.2. The van der Waals surface area contributed by atoms with Gasteiger partial charge in [-0.2, -0.15) is 8.78 Å². The molecule has 1 atom stereocenters. The van der Waals surface area contributed by atoms with Gasteiger partial charge in [0.15, 0.2) is 0 Å². The minimum atomic E-state index is -4.92. The number of anilines is 1. The zero-order valence-electron chi connectivity index (χ0n) is 18.4. The molecule has 0 radical (unpaired) electrons. The van der Waals surface area contributed by atoms with E-state index in [0.29, 0.717) is 11.0 Å². The van der Waals surface area contributed by atoms with Crippen LogP contribution >= 0.6 is 0 Å². The molecule has 1 aliphatic heterocycles. The molecule has 3 rings (SSSR count). The van der Waals surface area contributed by atoms with Crippen LogP contribution in [0.5, 0.6) is 5.75 Å². The molecule has 1 aliphatic rings. The number of nitrogens with one attached hydrogen (secondary N) is 1. The number of hydrogen-bond donors (Lipinski definition) is 1. The minimum Gasteiger partial charge on any atom is -0.484 e. The molecule has 174 valence electrons. The number of rotatable bonds is 7. The van der Waals surface area contributed by atoms with Crippen LogP contribution in [-0.4, -0.2) is 32.5 Å². The van der Waals surface area contributed by atoms with Gasteiger partial charge in [0.05, 0.1) is 16.9 Å². The fourth-order valence-electron chi connectivity index (χ4n) is 3.04. The van der Waals surface area contributed by atoms with Gasteiger partial charge in [0.25, 0.3) is 10.0 Å². The molecule has 11 heteroatoms. The van der Waals surface area contributed by atoms with Gasteiger partial charge in [0.1, 0.15) is 17.7 Å². The molecule has 0 aromatic heterocycles. The highest BCUT2D eigenvalue weighted by atomic mass is 32.2. The predicted octanol–water partition coefficient (Wildman–Crippen LogP) is 4.23. The van der Waals surface area contributed by atoms with Crippen molar-refractivity contribution in [2.75, 3.05) is 4.72 Å². The summed E-state index contributed by atoms with van der Waals surface area (Å²) in [5.41, 5.74) is -0.272. The topological polar surface area (TPSA) is 73.9 Å². The zero-order chi connectivity index (χ0) is 23.9. The van der Waals surface area contributed by atoms with Gasteiger partial charge >= 0.3 is 12.9 Å². The monoisotopic (exact) mass is 471 g/mol. The Bertz CT molecular complexity index is 1060. The van der Waals surface area contributed by atoms with Crippen molar-refractivity contribution < 1.29 is 35.6 Å². The van der Waals surface area contributed by atoms with Gasteiger partial charge in [-0.3, -0.25) is 4.72 Å². The molecule has 1 saturated heterocycles. The van der Waals surface area contributed by atoms with Crippen molar-refractivity contribution in [2.24, 2.45) is 0 Å². The Morgan fingerprint density at radius 2 is 1.56 bits per heavy atom. The Labute approximate surface area is 186 Å². The Morgan fingerprint density at radius 3 is 2.09 bits per heavy atom. The third kappa shape index (κ3) is 5.05. The highest BCUT2D eigenvalue weighted by Crippen LogP contribution is 2.37. The normalized spacial score (nSPS) is 18.6. The van der Waals surface area contributed by atoms with Crippen LogP contribution in [0.4, 0.5) is 18.9 Å². The van der Waals surface area contributed by atoms with E-state index in [2.05, 4.69) is 0 Å². The summed E-state index contributed by atoms with van der Waals surface area (Å²) < 4.78 is 82.4. The van der Waals surface area contributed by atoms with E-state index in [4.69, 9.17) is 14.0 Å². The fraction of sp³-hybridized carbons (Fsp3) is 0.429. The molecular formula is C21H25BF3NO5S. The molecule has 0 bridgehead atoms. The minimum absolute atomic E-state index is 0.00161. The van der Waals surface area contributed by atoms with Crippen LogP contribution in [0.25, 0.3) is 0 Å². The van der Waals surface area contributed by atoms with Crippen LogP contribution in [0.2, 0.25) is 0 Å². The summed E-state index contributed by atoms with van der Waals surface area (Å²) in [7, 11) is -5.70. The Balaban J connectivity index is 1.96. The lowest BCUT2D eigenvalue weighted by molar-refractivity contribution is 0.00578. The summed E-state index contributed by atoms with van der Waals surface area (Å²) >= 11 is 0. The summed E-state index contributed by atoms with van der Waals surface area (Å²) in [6, 6.07) is 9.86. The van der Waals surface area contributed by atoms with Gasteiger partial charge in [-0.25, -0.2) is 12.8 Å². The Kier molecular flexibility index (Phi) is 6.56. The molecule has 1 N–H and O–H groups in total. The molecule has 0 amide bonds. The summed E-state index contributed by atoms with van der Waals surface area (Å²) in [4.78, 5) is 0. The second-order valence-electron chi connectivity index (χ2n) is 8.56. The molecule has 6 nitrogen and oxygen atoms in total. The fourth-order valence-corrected chi connectivity index (χ4v) is 3.60. The van der Waals surface area contributed by atoms with Gasteiger partial charge in [0, 0.05) is 0 Å². The molecule has 1 heterocycles. The first-order chi connectivity index (χ1) is 14.7. The van der Waals surface area contributed by atoms with E-state index in [1.807, 2.05) is 32.4 Å². The molecule has 2 aromatic carbocycles. The predicted molar refractivity (Wildman–Crippen MR) is 116 cm³/mol. The maximum Gasteiger partial charge on any atom is 0.494 e. The quantitative estimate of drug-likeness (QED) is 0.612. The van der Waals surface area contributed by atoms with Gasteiger partial charge in [0.2, 0.25) is 0 Å². The molecular weight excluding hydrogens is 446 g/mol. The van der Waals surface area contributed by atoms with Gasteiger partial charge in [-0.15, -0.1) is 0 Å². The van der Waals surface area contributed by atoms with Crippen molar-refractivity contribution in [2.45, 2.75) is 57.7 Å². The third-order valence-electron chi connectivity index (χ3n) is 5.66. The summed E-state index contributed by atoms with van der Waals surface area (Å²) in [6.45, 7) is 9.19. The lowest BCUT2D eigenvalue weighted by Gasteiger charge is -2.32. The average molecular weight is 471 g/mol. The Morgan fingerprint density at radius 1 is 1.00 bits per heavy atom. The number of hydrogen-bond acceptors (Lipinski definition) is 5. The molecule has 32 heavy (non-hydrogen) atoms. The van der Waals surface area contributed by atoms with E-state index < -0.39 is 46.0 Å². The van der Waals surface area contributed by atoms with E-state index in [1.165, 1.54) is 42.5 Å². The van der Waals surface area contributed by atoms with Gasteiger partial charge in [-0.05, 0) is 69.9 Å². The molecule has 0 aliphatic carbocycles. The van der Waals surface area contributed by atoms with Crippen molar-refractivity contribution in [1.29, 1.82) is 0 Å². The molecule has 0 saturated carbocycles. The first-order valence-corrected chi connectivity index (χ1v) is 11.5. The van der Waals surface area contributed by atoms with E-state index in [9.17, 15) is 21.6 Å². The van der Waals surface area contributed by atoms with Crippen LogP contribution in [0, 0.1) is 5.82 Å². The van der Waals surface area contributed by atoms with Crippen LogP contribution in [0.3, 0.4) is 0 Å². The summed E-state index contributed by atoms with van der Waals surface area (Å²) in [5.74, 6) is -4.04. The number of sulfonamides is 1. The first-order valence-electron chi connectivity index (χ1n) is 9.93. The van der Waals surface area contributed by atoms with Crippen molar-refractivity contribution in [3.63, 3.8) is 0 Å². The molecule has 0 unspecified atom stereocenters. The smallest absolute Gasteiger partial charge is 0.484 e. The highest BCUT2D eigenvalue weighted by molar-refractivity contribution is 7.93. The molecule has 1 fully saturated rings. The van der Waals surface area contributed by atoms with Crippen molar-refractivity contribution in [1.82, 2.24) is 0 Å². The highest BCUT2D eigenvalue weighted by Gasteiger charge is 2.51. The molecule has 2 aromatic rings. The number of ether oxygens (including phenoxy) is 1. The largest absolute Gasteiger partial charge is 0.494 e.